The second kappa shape index (κ2) is 7.17. The number of benzene rings is 2. The SMILES string of the molecule is CN(C)/C=N/C(=O)c1ccc(Oc2ccc([N+](=O)[O-])cc2)cc1. The van der Waals surface area contributed by atoms with Crippen molar-refractivity contribution in [3.8, 4) is 11.5 Å². The summed E-state index contributed by atoms with van der Waals surface area (Å²) >= 11 is 0. The third-order valence-corrected chi connectivity index (χ3v) is 2.79. The van der Waals surface area contributed by atoms with E-state index in [4.69, 9.17) is 4.74 Å². The van der Waals surface area contributed by atoms with E-state index in [0.717, 1.165) is 0 Å². The van der Waals surface area contributed by atoms with Crippen molar-refractivity contribution < 1.29 is 14.5 Å². The zero-order valence-electron chi connectivity index (χ0n) is 12.7. The van der Waals surface area contributed by atoms with Crippen molar-refractivity contribution in [2.45, 2.75) is 0 Å². The van der Waals surface area contributed by atoms with Gasteiger partial charge >= 0.3 is 0 Å². The van der Waals surface area contributed by atoms with E-state index in [-0.39, 0.29) is 11.6 Å². The summed E-state index contributed by atoms with van der Waals surface area (Å²) in [6.07, 6.45) is 1.43. The molecule has 7 nitrogen and oxygen atoms in total. The summed E-state index contributed by atoms with van der Waals surface area (Å²) in [5, 5.41) is 10.6. The van der Waals surface area contributed by atoms with Gasteiger partial charge in [0, 0.05) is 31.8 Å². The molecule has 0 N–H and O–H groups in total. The molecule has 23 heavy (non-hydrogen) atoms. The number of nitrogens with zero attached hydrogens (tertiary/aromatic N) is 3. The maximum Gasteiger partial charge on any atom is 0.278 e. The van der Waals surface area contributed by atoms with Gasteiger partial charge in [0.05, 0.1) is 11.3 Å². The van der Waals surface area contributed by atoms with Gasteiger partial charge < -0.3 is 9.64 Å². The van der Waals surface area contributed by atoms with Gasteiger partial charge in [-0.1, -0.05) is 0 Å². The molecule has 0 heterocycles. The van der Waals surface area contributed by atoms with Gasteiger partial charge in [0.25, 0.3) is 11.6 Å². The lowest BCUT2D eigenvalue weighted by Gasteiger charge is -2.06. The molecular weight excluding hydrogens is 298 g/mol. The maximum atomic E-state index is 11.8. The highest BCUT2D eigenvalue weighted by atomic mass is 16.6. The number of non-ortho nitro benzene ring substituents is 1. The van der Waals surface area contributed by atoms with Gasteiger partial charge in [-0.2, -0.15) is 4.99 Å². The highest BCUT2D eigenvalue weighted by molar-refractivity contribution is 5.98. The molecule has 0 aliphatic heterocycles. The monoisotopic (exact) mass is 313 g/mol. The number of nitro benzene ring substituents is 1. The van der Waals surface area contributed by atoms with Crippen LogP contribution in [0.1, 0.15) is 10.4 Å². The first-order valence-electron chi connectivity index (χ1n) is 6.73. The predicted octanol–water partition coefficient (Wildman–Crippen LogP) is 3.12. The molecule has 0 saturated heterocycles. The first kappa shape index (κ1) is 16.2. The van der Waals surface area contributed by atoms with Crippen LogP contribution in [0, 0.1) is 10.1 Å². The van der Waals surface area contributed by atoms with Crippen molar-refractivity contribution in [2.75, 3.05) is 14.1 Å². The molecule has 2 aromatic carbocycles. The van der Waals surface area contributed by atoms with Gasteiger partial charge in [0.2, 0.25) is 0 Å². The van der Waals surface area contributed by atoms with Crippen LogP contribution in [0.2, 0.25) is 0 Å². The summed E-state index contributed by atoms with van der Waals surface area (Å²) in [5.74, 6) is 0.646. The highest BCUT2D eigenvalue weighted by Crippen LogP contribution is 2.24. The van der Waals surface area contributed by atoms with Gasteiger partial charge in [-0.25, -0.2) is 0 Å². The van der Waals surface area contributed by atoms with E-state index in [0.29, 0.717) is 17.1 Å². The zero-order chi connectivity index (χ0) is 16.8. The quantitative estimate of drug-likeness (QED) is 0.366. The lowest BCUT2D eigenvalue weighted by Crippen LogP contribution is -2.09. The van der Waals surface area contributed by atoms with Crippen LogP contribution in [-0.2, 0) is 0 Å². The number of rotatable bonds is 5. The Hall–Kier alpha value is -3.22. The molecule has 1 amide bonds. The Morgan fingerprint density at radius 1 is 1.09 bits per heavy atom. The summed E-state index contributed by atoms with van der Waals surface area (Å²) in [4.78, 5) is 27.4. The van der Waals surface area contributed by atoms with E-state index >= 15 is 0 Å². The summed E-state index contributed by atoms with van der Waals surface area (Å²) in [7, 11) is 3.55. The summed E-state index contributed by atoms with van der Waals surface area (Å²) in [6, 6.07) is 12.2. The molecule has 0 saturated carbocycles. The molecule has 0 aliphatic carbocycles. The van der Waals surface area contributed by atoms with Crippen LogP contribution < -0.4 is 4.74 Å². The molecule has 0 bridgehead atoms. The Labute approximate surface area is 133 Å². The van der Waals surface area contributed by atoms with Gasteiger partial charge in [0.1, 0.15) is 11.5 Å². The average Bonchev–Trinajstić information content (AvgIpc) is 2.54. The predicted molar refractivity (Wildman–Crippen MR) is 86.1 cm³/mol. The Balaban J connectivity index is 2.05. The van der Waals surface area contributed by atoms with Crippen LogP contribution in [0.4, 0.5) is 5.69 Å². The van der Waals surface area contributed by atoms with Gasteiger partial charge in [-0.3, -0.25) is 14.9 Å². The van der Waals surface area contributed by atoms with E-state index in [1.54, 1.807) is 43.3 Å². The molecule has 2 rings (SSSR count). The van der Waals surface area contributed by atoms with E-state index in [1.165, 1.54) is 30.6 Å². The first-order valence-corrected chi connectivity index (χ1v) is 6.73. The number of hydrogen-bond donors (Lipinski definition) is 0. The fourth-order valence-electron chi connectivity index (χ4n) is 1.68. The molecule has 0 aliphatic rings. The number of nitro groups is 1. The van der Waals surface area contributed by atoms with Crippen LogP contribution in [0.15, 0.2) is 53.5 Å². The van der Waals surface area contributed by atoms with E-state index < -0.39 is 4.92 Å². The Morgan fingerprint density at radius 2 is 1.61 bits per heavy atom. The highest BCUT2D eigenvalue weighted by Gasteiger charge is 2.06. The van der Waals surface area contributed by atoms with Crippen molar-refractivity contribution in [3.05, 3.63) is 64.2 Å². The Morgan fingerprint density at radius 3 is 2.09 bits per heavy atom. The smallest absolute Gasteiger partial charge is 0.278 e. The normalized spacial score (nSPS) is 10.5. The molecule has 0 unspecified atom stereocenters. The molecule has 0 radical (unpaired) electrons. The van der Waals surface area contributed by atoms with E-state index in [1.807, 2.05) is 0 Å². The van der Waals surface area contributed by atoms with Crippen LogP contribution >= 0.6 is 0 Å². The van der Waals surface area contributed by atoms with E-state index in [2.05, 4.69) is 4.99 Å². The number of ether oxygens (including phenoxy) is 1. The number of hydrogen-bond acceptors (Lipinski definition) is 4. The van der Waals surface area contributed by atoms with Gasteiger partial charge in [-0.15, -0.1) is 0 Å². The standard InChI is InChI=1S/C16H15N3O4/c1-18(2)11-17-16(20)12-3-7-14(8-4-12)23-15-9-5-13(6-10-15)19(21)22/h3-11H,1-2H3/b17-11+. The minimum Gasteiger partial charge on any atom is -0.457 e. The van der Waals surface area contributed by atoms with Gasteiger partial charge in [0.15, 0.2) is 0 Å². The lowest BCUT2D eigenvalue weighted by atomic mass is 10.2. The molecule has 7 heteroatoms. The van der Waals surface area contributed by atoms with Crippen molar-refractivity contribution >= 4 is 17.9 Å². The summed E-state index contributed by atoms with van der Waals surface area (Å²) in [5.41, 5.74) is 0.441. The number of aliphatic imine (C=N–C) groups is 1. The molecule has 0 spiro atoms. The van der Waals surface area contributed by atoms with Crippen LogP contribution in [-0.4, -0.2) is 36.2 Å². The third kappa shape index (κ3) is 4.63. The number of carbonyl (C=O) groups excluding carboxylic acids is 1. The molecule has 0 atom stereocenters. The Bertz CT molecular complexity index is 722. The van der Waals surface area contributed by atoms with Crippen LogP contribution in [0.25, 0.3) is 0 Å². The number of amides is 1. The first-order chi connectivity index (χ1) is 11.0. The number of carbonyl (C=O) groups is 1. The third-order valence-electron chi connectivity index (χ3n) is 2.79. The second-order valence-electron chi connectivity index (χ2n) is 4.89. The van der Waals surface area contributed by atoms with Gasteiger partial charge in [-0.05, 0) is 36.4 Å². The second-order valence-corrected chi connectivity index (χ2v) is 4.89. The zero-order valence-corrected chi connectivity index (χ0v) is 12.7. The van der Waals surface area contributed by atoms with Crippen molar-refractivity contribution in [1.29, 1.82) is 0 Å². The molecule has 0 aromatic heterocycles. The molecular formula is C16H15N3O4. The van der Waals surface area contributed by atoms with Crippen molar-refractivity contribution in [1.82, 2.24) is 4.90 Å². The average molecular weight is 313 g/mol. The molecule has 2 aromatic rings. The largest absolute Gasteiger partial charge is 0.457 e. The van der Waals surface area contributed by atoms with Crippen LogP contribution in [0.5, 0.6) is 11.5 Å². The molecule has 0 fully saturated rings. The van der Waals surface area contributed by atoms with E-state index in [9.17, 15) is 14.9 Å². The Kier molecular flexibility index (Phi) is 5.03. The van der Waals surface area contributed by atoms with Crippen LogP contribution in [0.3, 0.4) is 0 Å². The lowest BCUT2D eigenvalue weighted by molar-refractivity contribution is -0.384. The molecule has 118 valence electrons. The fraction of sp³-hybridized carbons (Fsp3) is 0.125. The topological polar surface area (TPSA) is 85.0 Å². The fourth-order valence-corrected chi connectivity index (χ4v) is 1.68. The minimum atomic E-state index is -0.474. The summed E-state index contributed by atoms with van der Waals surface area (Å²) < 4.78 is 5.57. The maximum absolute atomic E-state index is 11.8. The van der Waals surface area contributed by atoms with Crippen molar-refractivity contribution in [2.24, 2.45) is 4.99 Å². The summed E-state index contributed by atoms with van der Waals surface area (Å²) in [6.45, 7) is 0. The van der Waals surface area contributed by atoms with Crippen molar-refractivity contribution in [3.63, 3.8) is 0 Å². The minimum absolute atomic E-state index is 0.00273.